The third kappa shape index (κ3) is 3.66. The van der Waals surface area contributed by atoms with Crippen molar-refractivity contribution in [1.82, 2.24) is 0 Å². The lowest BCUT2D eigenvalue weighted by Crippen LogP contribution is -1.99. The molecule has 0 bridgehead atoms. The second-order valence-electron chi connectivity index (χ2n) is 5.37. The Morgan fingerprint density at radius 1 is 1.00 bits per heavy atom. The Morgan fingerprint density at radius 3 is 2.32 bits per heavy atom. The summed E-state index contributed by atoms with van der Waals surface area (Å²) in [6, 6.07) is 10.6. The molecule has 1 aromatic rings. The summed E-state index contributed by atoms with van der Waals surface area (Å²) in [7, 11) is 0. The van der Waals surface area contributed by atoms with E-state index in [0.29, 0.717) is 0 Å². The Balaban J connectivity index is 2.47. The first-order chi connectivity index (χ1) is 9.18. The first-order valence-electron chi connectivity index (χ1n) is 7.16. The van der Waals surface area contributed by atoms with Gasteiger partial charge in [-0.1, -0.05) is 36.4 Å². The molecule has 0 radical (unpaired) electrons. The van der Waals surface area contributed by atoms with E-state index in [-0.39, 0.29) is 0 Å². The number of allylic oxidation sites excluding steroid dienone is 3. The van der Waals surface area contributed by atoms with Crippen LogP contribution in [0.25, 0.3) is 5.57 Å². The van der Waals surface area contributed by atoms with Crippen molar-refractivity contribution in [2.75, 3.05) is 0 Å². The summed E-state index contributed by atoms with van der Waals surface area (Å²) in [4.78, 5) is 4.80. The molecule has 2 rings (SSSR count). The minimum Gasteiger partial charge on any atom is -0.258 e. The van der Waals surface area contributed by atoms with Crippen LogP contribution in [0, 0.1) is 0 Å². The van der Waals surface area contributed by atoms with Crippen molar-refractivity contribution in [3.63, 3.8) is 0 Å². The zero-order valence-corrected chi connectivity index (χ0v) is 12.2. The zero-order chi connectivity index (χ0) is 13.7. The Kier molecular flexibility index (Phi) is 4.73. The number of hydrogen-bond acceptors (Lipinski definition) is 1. The van der Waals surface area contributed by atoms with Gasteiger partial charge in [0.1, 0.15) is 0 Å². The topological polar surface area (TPSA) is 12.4 Å². The summed E-state index contributed by atoms with van der Waals surface area (Å²) in [6.07, 6.45) is 7.33. The number of rotatable bonds is 3. The van der Waals surface area contributed by atoms with E-state index in [1.54, 1.807) is 0 Å². The third-order valence-corrected chi connectivity index (χ3v) is 3.49. The molecule has 1 aliphatic rings. The fraction of sp³-hybridized carbons (Fsp3) is 0.389. The highest BCUT2D eigenvalue weighted by atomic mass is 14.8. The molecule has 0 fully saturated rings. The minimum atomic E-state index is 1.12. The molecule has 0 N–H and O–H groups in total. The number of nitrogens with zero attached hydrogens (tertiary/aromatic N) is 1. The van der Waals surface area contributed by atoms with Crippen LogP contribution in [-0.4, -0.2) is 5.71 Å². The Morgan fingerprint density at radius 2 is 1.74 bits per heavy atom. The lowest BCUT2D eigenvalue weighted by molar-refractivity contribution is 0.705. The largest absolute Gasteiger partial charge is 0.258 e. The van der Waals surface area contributed by atoms with Crippen LogP contribution in [0.2, 0.25) is 0 Å². The van der Waals surface area contributed by atoms with Gasteiger partial charge in [-0.2, -0.15) is 0 Å². The van der Waals surface area contributed by atoms with Crippen LogP contribution in [0.15, 0.2) is 52.7 Å². The van der Waals surface area contributed by atoms with Crippen molar-refractivity contribution >= 4 is 11.3 Å². The van der Waals surface area contributed by atoms with Gasteiger partial charge in [0.25, 0.3) is 0 Å². The average Bonchev–Trinajstić information content (AvgIpc) is 2.46. The van der Waals surface area contributed by atoms with Crippen molar-refractivity contribution in [2.24, 2.45) is 4.99 Å². The number of benzene rings is 1. The Labute approximate surface area is 116 Å². The third-order valence-electron chi connectivity index (χ3n) is 3.49. The lowest BCUT2D eigenvalue weighted by atomic mass is 9.93. The molecule has 19 heavy (non-hydrogen) atoms. The maximum atomic E-state index is 4.80. The van der Waals surface area contributed by atoms with Gasteiger partial charge in [0.05, 0.1) is 5.70 Å². The van der Waals surface area contributed by atoms with Gasteiger partial charge in [-0.25, -0.2) is 0 Å². The second kappa shape index (κ2) is 6.51. The normalized spacial score (nSPS) is 16.5. The van der Waals surface area contributed by atoms with E-state index in [2.05, 4.69) is 57.2 Å². The molecule has 0 saturated carbocycles. The minimum absolute atomic E-state index is 1.12. The predicted molar refractivity (Wildman–Crippen MR) is 84.4 cm³/mol. The number of aliphatic imine (C=N–C) groups is 1. The van der Waals surface area contributed by atoms with Crippen molar-refractivity contribution in [1.29, 1.82) is 0 Å². The van der Waals surface area contributed by atoms with Crippen molar-refractivity contribution in [3.8, 4) is 0 Å². The van der Waals surface area contributed by atoms with E-state index >= 15 is 0 Å². The van der Waals surface area contributed by atoms with Crippen LogP contribution in [0.4, 0.5) is 0 Å². The van der Waals surface area contributed by atoms with Gasteiger partial charge in [-0.3, -0.25) is 4.99 Å². The monoisotopic (exact) mass is 253 g/mol. The maximum Gasteiger partial charge on any atom is 0.0692 e. The molecule has 0 amide bonds. The molecule has 1 aromatic carbocycles. The molecule has 0 heterocycles. The van der Waals surface area contributed by atoms with Crippen LogP contribution in [-0.2, 0) is 0 Å². The second-order valence-corrected chi connectivity index (χ2v) is 5.37. The molecule has 0 atom stereocenters. The van der Waals surface area contributed by atoms with Gasteiger partial charge in [0.2, 0.25) is 0 Å². The maximum absolute atomic E-state index is 4.80. The highest BCUT2D eigenvalue weighted by Crippen LogP contribution is 2.30. The summed E-state index contributed by atoms with van der Waals surface area (Å²) in [5.74, 6) is 0. The highest BCUT2D eigenvalue weighted by molar-refractivity contribution is 5.83. The van der Waals surface area contributed by atoms with E-state index in [1.807, 2.05) is 0 Å². The van der Waals surface area contributed by atoms with E-state index in [4.69, 9.17) is 4.99 Å². The fourth-order valence-corrected chi connectivity index (χ4v) is 2.50. The van der Waals surface area contributed by atoms with Crippen LogP contribution < -0.4 is 0 Å². The molecule has 0 aromatic heterocycles. The molecule has 1 aliphatic carbocycles. The first-order valence-corrected chi connectivity index (χ1v) is 7.16. The molecule has 0 spiro atoms. The predicted octanol–water partition coefficient (Wildman–Crippen LogP) is 5.40. The van der Waals surface area contributed by atoms with Crippen molar-refractivity contribution < 1.29 is 0 Å². The smallest absolute Gasteiger partial charge is 0.0692 e. The summed E-state index contributed by atoms with van der Waals surface area (Å²) in [5, 5.41) is 0. The van der Waals surface area contributed by atoms with Gasteiger partial charge in [0, 0.05) is 5.71 Å². The van der Waals surface area contributed by atoms with Gasteiger partial charge < -0.3 is 0 Å². The SMILES string of the molecule is CC(C)=N/C(C1=CCCCC1)=C(\C)c1ccccc1. The quantitative estimate of drug-likeness (QED) is 0.640. The lowest BCUT2D eigenvalue weighted by Gasteiger charge is -2.16. The van der Waals surface area contributed by atoms with Crippen molar-refractivity contribution in [2.45, 2.75) is 46.5 Å². The fourth-order valence-electron chi connectivity index (χ4n) is 2.50. The highest BCUT2D eigenvalue weighted by Gasteiger charge is 2.12. The van der Waals surface area contributed by atoms with E-state index in [1.165, 1.54) is 41.7 Å². The summed E-state index contributed by atoms with van der Waals surface area (Å²) in [6.45, 7) is 6.33. The summed E-state index contributed by atoms with van der Waals surface area (Å²) < 4.78 is 0. The van der Waals surface area contributed by atoms with Gasteiger partial charge >= 0.3 is 0 Å². The molecule has 0 saturated heterocycles. The summed E-state index contributed by atoms with van der Waals surface area (Å²) >= 11 is 0. The van der Waals surface area contributed by atoms with E-state index in [9.17, 15) is 0 Å². The van der Waals surface area contributed by atoms with Crippen LogP contribution in [0.3, 0.4) is 0 Å². The van der Waals surface area contributed by atoms with Crippen LogP contribution in [0.1, 0.15) is 52.0 Å². The van der Waals surface area contributed by atoms with Crippen molar-refractivity contribution in [3.05, 3.63) is 53.2 Å². The van der Waals surface area contributed by atoms with Gasteiger partial charge in [-0.15, -0.1) is 0 Å². The Bertz CT molecular complexity index is 514. The molecular weight excluding hydrogens is 230 g/mol. The summed E-state index contributed by atoms with van der Waals surface area (Å²) in [5.41, 5.74) is 6.29. The van der Waals surface area contributed by atoms with E-state index < -0.39 is 0 Å². The van der Waals surface area contributed by atoms with E-state index in [0.717, 1.165) is 12.1 Å². The molecule has 1 heteroatoms. The molecule has 1 nitrogen and oxygen atoms in total. The van der Waals surface area contributed by atoms with Gasteiger partial charge in [-0.05, 0) is 63.2 Å². The average molecular weight is 253 g/mol. The van der Waals surface area contributed by atoms with Crippen LogP contribution in [0.5, 0.6) is 0 Å². The Hall–Kier alpha value is -1.63. The zero-order valence-electron chi connectivity index (χ0n) is 12.2. The molecule has 100 valence electrons. The molecule has 0 aliphatic heterocycles. The first kappa shape index (κ1) is 13.8. The number of hydrogen-bond donors (Lipinski definition) is 0. The molecular formula is C18H23N. The standard InChI is InChI=1S/C18H23N/c1-14(2)19-18(17-12-8-5-9-13-17)15(3)16-10-6-4-7-11-16/h4,6-7,10-12H,5,8-9,13H2,1-3H3/b18-15+. The molecule has 0 unspecified atom stereocenters. The van der Waals surface area contributed by atoms with Gasteiger partial charge in [0.15, 0.2) is 0 Å². The van der Waals surface area contributed by atoms with Crippen LogP contribution >= 0.6 is 0 Å².